The number of carbonyl (C=O) groups excluding carboxylic acids is 1. The summed E-state index contributed by atoms with van der Waals surface area (Å²) >= 11 is 0. The fourth-order valence-corrected chi connectivity index (χ4v) is 4.89. The normalized spacial score (nSPS) is 19.6. The number of methoxy groups -OCH3 is 1. The minimum Gasteiger partial charge on any atom is -0.493 e. The van der Waals surface area contributed by atoms with Crippen LogP contribution in [0.15, 0.2) is 36.5 Å². The van der Waals surface area contributed by atoms with Gasteiger partial charge in [-0.05, 0) is 50.9 Å². The van der Waals surface area contributed by atoms with Crippen LogP contribution in [0.3, 0.4) is 0 Å². The van der Waals surface area contributed by atoms with E-state index < -0.39 is 0 Å². The zero-order valence-corrected chi connectivity index (χ0v) is 17.4. The Labute approximate surface area is 173 Å². The second-order valence-electron chi connectivity index (χ2n) is 8.34. The van der Waals surface area contributed by atoms with Gasteiger partial charge in [-0.2, -0.15) is 5.10 Å². The lowest BCUT2D eigenvalue weighted by atomic mass is 9.79. The van der Waals surface area contributed by atoms with Crippen LogP contribution in [-0.4, -0.2) is 52.9 Å². The smallest absolute Gasteiger partial charge is 0.275 e. The molecule has 1 aliphatic heterocycles. The van der Waals surface area contributed by atoms with Crippen LogP contribution < -0.4 is 10.1 Å². The Kier molecular flexibility index (Phi) is 6.19. The summed E-state index contributed by atoms with van der Waals surface area (Å²) in [6.07, 6.45) is 11.8. The van der Waals surface area contributed by atoms with Crippen molar-refractivity contribution in [2.75, 3.05) is 26.7 Å². The molecule has 4 rings (SSSR count). The van der Waals surface area contributed by atoms with E-state index in [1.54, 1.807) is 18.0 Å². The summed E-state index contributed by atoms with van der Waals surface area (Å²) in [6, 6.07) is 9.79. The van der Waals surface area contributed by atoms with Crippen LogP contribution in [-0.2, 0) is 0 Å². The van der Waals surface area contributed by atoms with Gasteiger partial charge in [0.05, 0.1) is 19.0 Å². The summed E-state index contributed by atoms with van der Waals surface area (Å²) < 4.78 is 7.15. The van der Waals surface area contributed by atoms with Gasteiger partial charge < -0.3 is 10.1 Å². The van der Waals surface area contributed by atoms with Crippen LogP contribution in [0.25, 0.3) is 5.69 Å². The summed E-state index contributed by atoms with van der Waals surface area (Å²) in [5.74, 6) is 0.348. The number of likely N-dealkylation sites (tertiary alicyclic amines) is 1. The first-order valence-corrected chi connectivity index (χ1v) is 10.9. The van der Waals surface area contributed by atoms with Gasteiger partial charge in [0.25, 0.3) is 5.91 Å². The summed E-state index contributed by atoms with van der Waals surface area (Å²) in [5.41, 5.74) is 1.35. The van der Waals surface area contributed by atoms with Crippen molar-refractivity contribution in [3.63, 3.8) is 0 Å². The van der Waals surface area contributed by atoms with Gasteiger partial charge in [-0.25, -0.2) is 4.68 Å². The highest BCUT2D eigenvalue weighted by molar-refractivity contribution is 5.95. The van der Waals surface area contributed by atoms with Crippen molar-refractivity contribution in [3.05, 3.63) is 42.2 Å². The largest absolute Gasteiger partial charge is 0.493 e. The minimum absolute atomic E-state index is 0.101. The Morgan fingerprint density at radius 3 is 2.45 bits per heavy atom. The van der Waals surface area contributed by atoms with Crippen molar-refractivity contribution in [1.82, 2.24) is 20.0 Å². The Morgan fingerprint density at radius 1 is 1.07 bits per heavy atom. The molecule has 6 nitrogen and oxygen atoms in total. The van der Waals surface area contributed by atoms with Crippen LogP contribution in [0.1, 0.15) is 61.9 Å². The number of amides is 1. The number of para-hydroxylation sites is 1. The van der Waals surface area contributed by atoms with Crippen molar-refractivity contribution >= 4 is 5.91 Å². The maximum atomic E-state index is 13.1. The molecule has 1 saturated carbocycles. The maximum Gasteiger partial charge on any atom is 0.275 e. The minimum atomic E-state index is -0.154. The lowest BCUT2D eigenvalue weighted by Crippen LogP contribution is -2.58. The zero-order chi connectivity index (χ0) is 20.1. The molecule has 2 aliphatic rings. The lowest BCUT2D eigenvalue weighted by molar-refractivity contribution is 0.0325. The molecule has 1 amide bonds. The monoisotopic (exact) mass is 396 g/mol. The van der Waals surface area contributed by atoms with Crippen LogP contribution in [0.5, 0.6) is 5.75 Å². The topological polar surface area (TPSA) is 59.4 Å². The van der Waals surface area contributed by atoms with Gasteiger partial charge in [-0.15, -0.1) is 0 Å². The van der Waals surface area contributed by atoms with E-state index in [4.69, 9.17) is 4.74 Å². The second kappa shape index (κ2) is 8.99. The highest BCUT2D eigenvalue weighted by Crippen LogP contribution is 2.35. The van der Waals surface area contributed by atoms with E-state index in [2.05, 4.69) is 15.3 Å². The molecule has 1 saturated heterocycles. The van der Waals surface area contributed by atoms with E-state index in [0.717, 1.165) is 18.8 Å². The quantitative estimate of drug-likeness (QED) is 0.807. The molecule has 0 radical (unpaired) electrons. The third kappa shape index (κ3) is 4.32. The molecule has 0 spiro atoms. The number of ether oxygens (including phenoxy) is 1. The van der Waals surface area contributed by atoms with E-state index in [-0.39, 0.29) is 11.4 Å². The molecule has 1 aromatic carbocycles. The van der Waals surface area contributed by atoms with Gasteiger partial charge in [0.15, 0.2) is 11.4 Å². The molecule has 1 aromatic heterocycles. The molecule has 0 bridgehead atoms. The number of hydrogen-bond acceptors (Lipinski definition) is 4. The van der Waals surface area contributed by atoms with E-state index in [1.165, 1.54) is 51.4 Å². The number of hydrogen-bond donors (Lipinski definition) is 1. The molecule has 0 unspecified atom stereocenters. The molecule has 1 aliphatic carbocycles. The Balaban J connectivity index is 1.50. The summed E-state index contributed by atoms with van der Waals surface area (Å²) in [7, 11) is 1.58. The van der Waals surface area contributed by atoms with Crippen molar-refractivity contribution in [2.45, 2.75) is 56.9 Å². The van der Waals surface area contributed by atoms with Crippen molar-refractivity contribution in [1.29, 1.82) is 0 Å². The Morgan fingerprint density at radius 2 is 1.76 bits per heavy atom. The molecule has 0 atom stereocenters. The Hall–Kier alpha value is -2.34. The fraction of sp³-hybridized carbons (Fsp3) is 0.565. The number of aromatic nitrogens is 2. The highest BCUT2D eigenvalue weighted by Gasteiger charge is 2.38. The van der Waals surface area contributed by atoms with E-state index in [0.29, 0.717) is 18.0 Å². The third-order valence-electron chi connectivity index (χ3n) is 6.53. The zero-order valence-electron chi connectivity index (χ0n) is 17.4. The van der Waals surface area contributed by atoms with Crippen LogP contribution in [0.4, 0.5) is 0 Å². The standard InChI is InChI=1S/C23H32N4O2/c1-29-20-17-27(19-11-5-2-6-12-19)25-21(20)22(28)24-18-23(13-7-3-8-14-23)26-15-9-4-10-16-26/h2,5-6,11-12,17H,3-4,7-10,13-16,18H2,1H3,(H,24,28). The number of rotatable bonds is 6. The number of nitrogens with one attached hydrogen (secondary N) is 1. The van der Waals surface area contributed by atoms with Crippen LogP contribution in [0.2, 0.25) is 0 Å². The highest BCUT2D eigenvalue weighted by atomic mass is 16.5. The van der Waals surface area contributed by atoms with Gasteiger partial charge in [0.1, 0.15) is 0 Å². The molecule has 6 heteroatoms. The predicted octanol–water partition coefficient (Wildman–Crippen LogP) is 3.80. The fourth-order valence-electron chi connectivity index (χ4n) is 4.89. The first-order valence-electron chi connectivity index (χ1n) is 10.9. The predicted molar refractivity (Wildman–Crippen MR) is 114 cm³/mol. The molecule has 2 aromatic rings. The van der Waals surface area contributed by atoms with E-state index in [9.17, 15) is 4.79 Å². The second-order valence-corrected chi connectivity index (χ2v) is 8.34. The van der Waals surface area contributed by atoms with Gasteiger partial charge in [-0.1, -0.05) is 43.9 Å². The van der Waals surface area contributed by atoms with Gasteiger partial charge >= 0.3 is 0 Å². The third-order valence-corrected chi connectivity index (χ3v) is 6.53. The summed E-state index contributed by atoms with van der Waals surface area (Å²) in [4.78, 5) is 15.7. The Bertz CT molecular complexity index is 806. The number of benzene rings is 1. The molecule has 156 valence electrons. The number of carbonyl (C=O) groups is 1. The molecule has 1 N–H and O–H groups in total. The van der Waals surface area contributed by atoms with Gasteiger partial charge in [0, 0.05) is 12.1 Å². The summed E-state index contributed by atoms with van der Waals surface area (Å²) in [6.45, 7) is 3.00. The van der Waals surface area contributed by atoms with Gasteiger partial charge in [0.2, 0.25) is 0 Å². The molecule has 2 fully saturated rings. The molecular weight excluding hydrogens is 364 g/mol. The van der Waals surface area contributed by atoms with E-state index >= 15 is 0 Å². The SMILES string of the molecule is COc1cn(-c2ccccc2)nc1C(=O)NCC1(N2CCCCC2)CCCCC1. The first-order chi connectivity index (χ1) is 14.2. The average Bonchev–Trinajstić information content (AvgIpc) is 3.24. The molecular formula is C23H32N4O2. The first kappa shape index (κ1) is 20.0. The molecule has 2 heterocycles. The van der Waals surface area contributed by atoms with Crippen molar-refractivity contribution in [2.24, 2.45) is 0 Å². The number of piperidine rings is 1. The summed E-state index contributed by atoms with van der Waals surface area (Å²) in [5, 5.41) is 7.73. The molecule has 29 heavy (non-hydrogen) atoms. The maximum absolute atomic E-state index is 13.1. The average molecular weight is 397 g/mol. The van der Waals surface area contributed by atoms with Gasteiger partial charge in [-0.3, -0.25) is 9.69 Å². The van der Waals surface area contributed by atoms with E-state index in [1.807, 2.05) is 30.3 Å². The van der Waals surface area contributed by atoms with Crippen LogP contribution >= 0.6 is 0 Å². The van der Waals surface area contributed by atoms with Crippen LogP contribution in [0, 0.1) is 0 Å². The lowest BCUT2D eigenvalue weighted by Gasteiger charge is -2.48. The van der Waals surface area contributed by atoms with Crippen molar-refractivity contribution < 1.29 is 9.53 Å². The van der Waals surface area contributed by atoms with Crippen molar-refractivity contribution in [3.8, 4) is 11.4 Å². The number of nitrogens with zero attached hydrogens (tertiary/aromatic N) is 3.